The number of hydrogen-bond donors (Lipinski definition) is 1. The lowest BCUT2D eigenvalue weighted by molar-refractivity contribution is -0.0712. The first-order valence-corrected chi connectivity index (χ1v) is 7.36. The summed E-state index contributed by atoms with van der Waals surface area (Å²) < 4.78 is 11.1. The van der Waals surface area contributed by atoms with Crippen molar-refractivity contribution in [3.05, 3.63) is 29.8 Å². The average molecular weight is 278 g/mol. The van der Waals surface area contributed by atoms with E-state index in [4.69, 9.17) is 15.2 Å². The smallest absolute Gasteiger partial charge is 0.119 e. The van der Waals surface area contributed by atoms with Crippen LogP contribution in [0.5, 0.6) is 5.75 Å². The normalized spacial score (nSPS) is 20.6. The van der Waals surface area contributed by atoms with Crippen LogP contribution in [0, 0.1) is 0 Å². The van der Waals surface area contributed by atoms with Crippen molar-refractivity contribution in [2.45, 2.75) is 32.4 Å². The molecule has 1 unspecified atom stereocenters. The summed E-state index contributed by atoms with van der Waals surface area (Å²) in [7, 11) is 0. The van der Waals surface area contributed by atoms with Gasteiger partial charge in [0.25, 0.3) is 0 Å². The molecule has 1 aromatic carbocycles. The Morgan fingerprint density at radius 3 is 2.60 bits per heavy atom. The molecule has 1 fully saturated rings. The molecule has 0 saturated carbocycles. The standard InChI is InChI=1S/C16H26N2O2/c1-4-20-14-7-5-13(6-8-14)15(11-17)18-9-10-19-12-16(18,2)3/h5-8,15H,4,9-12,17H2,1-3H3. The molecular weight excluding hydrogens is 252 g/mol. The van der Waals surface area contributed by atoms with Crippen molar-refractivity contribution in [2.24, 2.45) is 5.73 Å². The van der Waals surface area contributed by atoms with Gasteiger partial charge < -0.3 is 15.2 Å². The SMILES string of the molecule is CCOc1ccc(C(CN)N2CCOCC2(C)C)cc1. The van der Waals surface area contributed by atoms with Gasteiger partial charge in [-0.05, 0) is 38.5 Å². The molecule has 4 nitrogen and oxygen atoms in total. The summed E-state index contributed by atoms with van der Waals surface area (Å²) in [4.78, 5) is 2.45. The number of morpholine rings is 1. The average Bonchev–Trinajstić information content (AvgIpc) is 2.43. The van der Waals surface area contributed by atoms with Gasteiger partial charge >= 0.3 is 0 Å². The molecule has 1 aromatic rings. The zero-order valence-corrected chi connectivity index (χ0v) is 12.8. The Labute approximate surface area is 121 Å². The van der Waals surface area contributed by atoms with Crippen LogP contribution < -0.4 is 10.5 Å². The molecule has 1 atom stereocenters. The van der Waals surface area contributed by atoms with Gasteiger partial charge in [-0.2, -0.15) is 0 Å². The molecular formula is C16H26N2O2. The van der Waals surface area contributed by atoms with Crippen LogP contribution in [0.2, 0.25) is 0 Å². The van der Waals surface area contributed by atoms with Gasteiger partial charge in [-0.15, -0.1) is 0 Å². The Hall–Kier alpha value is -1.10. The van der Waals surface area contributed by atoms with E-state index in [1.165, 1.54) is 5.56 Å². The van der Waals surface area contributed by atoms with Crippen LogP contribution in [-0.4, -0.2) is 43.3 Å². The summed E-state index contributed by atoms with van der Waals surface area (Å²) in [6.07, 6.45) is 0. The van der Waals surface area contributed by atoms with Crippen molar-refractivity contribution < 1.29 is 9.47 Å². The van der Waals surface area contributed by atoms with Crippen LogP contribution in [0.4, 0.5) is 0 Å². The Morgan fingerprint density at radius 1 is 1.35 bits per heavy atom. The highest BCUT2D eigenvalue weighted by atomic mass is 16.5. The summed E-state index contributed by atoms with van der Waals surface area (Å²) in [6, 6.07) is 8.51. The predicted molar refractivity (Wildman–Crippen MR) is 81.0 cm³/mol. The zero-order valence-electron chi connectivity index (χ0n) is 12.8. The minimum Gasteiger partial charge on any atom is -0.494 e. The van der Waals surface area contributed by atoms with E-state index in [1.807, 2.05) is 19.1 Å². The third kappa shape index (κ3) is 3.32. The van der Waals surface area contributed by atoms with Crippen molar-refractivity contribution >= 4 is 0 Å². The number of nitrogens with zero attached hydrogens (tertiary/aromatic N) is 1. The van der Waals surface area contributed by atoms with E-state index >= 15 is 0 Å². The number of rotatable bonds is 5. The van der Waals surface area contributed by atoms with Gasteiger partial charge in [-0.25, -0.2) is 0 Å². The molecule has 1 aliphatic heterocycles. The quantitative estimate of drug-likeness (QED) is 0.897. The summed E-state index contributed by atoms with van der Waals surface area (Å²) in [6.45, 7) is 10.2. The molecule has 0 radical (unpaired) electrons. The second kappa shape index (κ2) is 6.57. The first-order valence-electron chi connectivity index (χ1n) is 7.36. The largest absolute Gasteiger partial charge is 0.494 e. The van der Waals surface area contributed by atoms with Crippen LogP contribution in [0.3, 0.4) is 0 Å². The molecule has 112 valence electrons. The summed E-state index contributed by atoms with van der Waals surface area (Å²) in [5, 5.41) is 0. The number of hydrogen-bond acceptors (Lipinski definition) is 4. The van der Waals surface area contributed by atoms with Crippen molar-refractivity contribution in [2.75, 3.05) is 32.9 Å². The van der Waals surface area contributed by atoms with E-state index in [0.29, 0.717) is 13.2 Å². The van der Waals surface area contributed by atoms with E-state index in [1.54, 1.807) is 0 Å². The van der Waals surface area contributed by atoms with Crippen molar-refractivity contribution in [1.82, 2.24) is 4.90 Å². The first kappa shape index (κ1) is 15.3. The molecule has 0 aliphatic carbocycles. The van der Waals surface area contributed by atoms with Crippen molar-refractivity contribution in [1.29, 1.82) is 0 Å². The maximum atomic E-state index is 6.04. The van der Waals surface area contributed by atoms with Gasteiger partial charge in [0.2, 0.25) is 0 Å². The van der Waals surface area contributed by atoms with Gasteiger partial charge in [0.05, 0.1) is 19.8 Å². The summed E-state index contributed by atoms with van der Waals surface area (Å²) in [5.74, 6) is 0.910. The van der Waals surface area contributed by atoms with Crippen LogP contribution in [-0.2, 0) is 4.74 Å². The molecule has 4 heteroatoms. The minimum absolute atomic E-state index is 0.0148. The molecule has 1 heterocycles. The van der Waals surface area contributed by atoms with Gasteiger partial charge in [0, 0.05) is 24.7 Å². The van der Waals surface area contributed by atoms with Gasteiger partial charge in [0.1, 0.15) is 5.75 Å². The van der Waals surface area contributed by atoms with Crippen LogP contribution in [0.15, 0.2) is 24.3 Å². The van der Waals surface area contributed by atoms with E-state index in [9.17, 15) is 0 Å². The Kier molecular flexibility index (Phi) is 5.02. The zero-order chi connectivity index (χ0) is 14.6. The van der Waals surface area contributed by atoms with Crippen molar-refractivity contribution in [3.8, 4) is 5.75 Å². The van der Waals surface area contributed by atoms with Gasteiger partial charge in [-0.3, -0.25) is 4.90 Å². The number of ether oxygens (including phenoxy) is 2. The lowest BCUT2D eigenvalue weighted by Gasteiger charge is -2.46. The molecule has 0 spiro atoms. The lowest BCUT2D eigenvalue weighted by atomic mass is 9.95. The maximum Gasteiger partial charge on any atom is 0.119 e. The summed E-state index contributed by atoms with van der Waals surface area (Å²) in [5.41, 5.74) is 7.30. The molecule has 0 bridgehead atoms. The molecule has 0 aromatic heterocycles. The topological polar surface area (TPSA) is 47.7 Å². The lowest BCUT2D eigenvalue weighted by Crippen LogP contribution is -2.55. The first-order chi connectivity index (χ1) is 9.58. The fraction of sp³-hybridized carbons (Fsp3) is 0.625. The van der Waals surface area contributed by atoms with Crippen LogP contribution in [0.1, 0.15) is 32.4 Å². The van der Waals surface area contributed by atoms with E-state index in [2.05, 4.69) is 30.9 Å². The Bertz CT molecular complexity index is 417. The summed E-state index contributed by atoms with van der Waals surface area (Å²) >= 11 is 0. The molecule has 2 N–H and O–H groups in total. The third-order valence-corrected chi connectivity index (χ3v) is 3.88. The highest BCUT2D eigenvalue weighted by Crippen LogP contribution is 2.30. The van der Waals surface area contributed by atoms with Crippen molar-refractivity contribution in [3.63, 3.8) is 0 Å². The van der Waals surface area contributed by atoms with Crippen LogP contribution >= 0.6 is 0 Å². The maximum absolute atomic E-state index is 6.04. The van der Waals surface area contributed by atoms with Gasteiger partial charge in [0.15, 0.2) is 0 Å². The molecule has 20 heavy (non-hydrogen) atoms. The molecule has 1 saturated heterocycles. The monoisotopic (exact) mass is 278 g/mol. The van der Waals surface area contributed by atoms with Crippen LogP contribution in [0.25, 0.3) is 0 Å². The molecule has 2 rings (SSSR count). The predicted octanol–water partition coefficient (Wildman–Crippen LogP) is 2.20. The Morgan fingerprint density at radius 2 is 2.05 bits per heavy atom. The van der Waals surface area contributed by atoms with Gasteiger partial charge in [-0.1, -0.05) is 12.1 Å². The number of benzene rings is 1. The molecule has 1 aliphatic rings. The second-order valence-corrected chi connectivity index (χ2v) is 5.81. The van der Waals surface area contributed by atoms with E-state index in [-0.39, 0.29) is 11.6 Å². The second-order valence-electron chi connectivity index (χ2n) is 5.81. The highest BCUT2D eigenvalue weighted by molar-refractivity contribution is 5.29. The fourth-order valence-electron chi connectivity index (χ4n) is 2.84. The molecule has 0 amide bonds. The van der Waals surface area contributed by atoms with E-state index in [0.717, 1.165) is 25.5 Å². The third-order valence-electron chi connectivity index (χ3n) is 3.88. The van der Waals surface area contributed by atoms with E-state index < -0.39 is 0 Å². The minimum atomic E-state index is 0.0148. The fourth-order valence-corrected chi connectivity index (χ4v) is 2.84. The number of nitrogens with two attached hydrogens (primary N) is 1. The Balaban J connectivity index is 2.18. The highest BCUT2D eigenvalue weighted by Gasteiger charge is 2.35.